The maximum atomic E-state index is 3.79. The highest BCUT2D eigenvalue weighted by molar-refractivity contribution is 9.10. The summed E-state index contributed by atoms with van der Waals surface area (Å²) in [6.07, 6.45) is 2.17. The van der Waals surface area contributed by atoms with Crippen molar-refractivity contribution in [3.8, 4) is 0 Å². The van der Waals surface area contributed by atoms with E-state index in [1.807, 2.05) is 0 Å². The van der Waals surface area contributed by atoms with Gasteiger partial charge in [-0.25, -0.2) is 0 Å². The molecule has 2 aromatic rings. The minimum atomic E-state index is 0.387. The van der Waals surface area contributed by atoms with Crippen molar-refractivity contribution in [2.75, 3.05) is 0 Å². The van der Waals surface area contributed by atoms with Crippen molar-refractivity contribution in [2.45, 2.75) is 38.8 Å². The Bertz CT molecular complexity index is 524. The molecule has 0 heterocycles. The van der Waals surface area contributed by atoms with Gasteiger partial charge in [-0.2, -0.15) is 0 Å². The smallest absolute Gasteiger partial charge is 0.0323 e. The second-order valence-electron chi connectivity index (χ2n) is 5.05. The summed E-state index contributed by atoms with van der Waals surface area (Å²) in [7, 11) is 0. The van der Waals surface area contributed by atoms with Crippen LogP contribution in [0.1, 0.15) is 49.9 Å². The maximum absolute atomic E-state index is 3.79. The van der Waals surface area contributed by atoms with Crippen LogP contribution < -0.4 is 5.32 Å². The van der Waals surface area contributed by atoms with Gasteiger partial charge in [0.1, 0.15) is 0 Å². The van der Waals surface area contributed by atoms with E-state index in [9.17, 15) is 0 Å². The van der Waals surface area contributed by atoms with Gasteiger partial charge in [0.05, 0.1) is 0 Å². The molecule has 0 aromatic heterocycles. The molecule has 0 saturated heterocycles. The summed E-state index contributed by atoms with van der Waals surface area (Å²) in [6.45, 7) is 4.47. The third-order valence-corrected chi connectivity index (χ3v) is 4.17. The van der Waals surface area contributed by atoms with E-state index in [0.29, 0.717) is 12.1 Å². The van der Waals surface area contributed by atoms with Crippen molar-refractivity contribution in [3.05, 3.63) is 70.2 Å². The lowest BCUT2D eigenvalue weighted by Crippen LogP contribution is -2.25. The molecule has 20 heavy (non-hydrogen) atoms. The first-order chi connectivity index (χ1) is 9.74. The lowest BCUT2D eigenvalue weighted by Gasteiger charge is -2.25. The predicted molar refractivity (Wildman–Crippen MR) is 89.8 cm³/mol. The monoisotopic (exact) mass is 331 g/mol. The minimum absolute atomic E-state index is 0.387. The molecule has 2 rings (SSSR count). The topological polar surface area (TPSA) is 12.0 Å². The van der Waals surface area contributed by atoms with Gasteiger partial charge in [0.15, 0.2) is 0 Å². The van der Waals surface area contributed by atoms with Crippen molar-refractivity contribution in [2.24, 2.45) is 0 Å². The van der Waals surface area contributed by atoms with Gasteiger partial charge in [-0.3, -0.25) is 0 Å². The molecule has 2 atom stereocenters. The summed E-state index contributed by atoms with van der Waals surface area (Å²) in [5, 5.41) is 3.79. The fourth-order valence-electron chi connectivity index (χ4n) is 2.55. The predicted octanol–water partition coefficient (Wildman–Crippen LogP) is 5.64. The quantitative estimate of drug-likeness (QED) is 0.722. The van der Waals surface area contributed by atoms with Gasteiger partial charge < -0.3 is 5.32 Å². The van der Waals surface area contributed by atoms with Gasteiger partial charge in [0.25, 0.3) is 0 Å². The third kappa shape index (κ3) is 3.94. The average molecular weight is 332 g/mol. The second kappa shape index (κ2) is 7.61. The molecule has 1 N–H and O–H groups in total. The van der Waals surface area contributed by atoms with E-state index in [-0.39, 0.29) is 0 Å². The highest BCUT2D eigenvalue weighted by Gasteiger charge is 2.15. The van der Waals surface area contributed by atoms with Gasteiger partial charge in [0.2, 0.25) is 0 Å². The van der Waals surface area contributed by atoms with Gasteiger partial charge in [-0.15, -0.1) is 0 Å². The number of hydrogen-bond donors (Lipinski definition) is 1. The molecule has 2 unspecified atom stereocenters. The van der Waals surface area contributed by atoms with Crippen molar-refractivity contribution in [1.82, 2.24) is 5.32 Å². The zero-order chi connectivity index (χ0) is 14.4. The molecule has 0 aliphatic rings. The standard InChI is InChI=1S/C18H22BrN/c1-3-17(14-9-6-5-7-10-14)20-18(4-2)15-11-8-12-16(19)13-15/h5-13,17-18,20H,3-4H2,1-2H3. The van der Waals surface area contributed by atoms with Crippen molar-refractivity contribution in [1.29, 1.82) is 0 Å². The summed E-state index contributed by atoms with van der Waals surface area (Å²) in [4.78, 5) is 0. The Balaban J connectivity index is 2.16. The van der Waals surface area contributed by atoms with Crippen LogP contribution in [0.25, 0.3) is 0 Å². The Hall–Kier alpha value is -1.12. The van der Waals surface area contributed by atoms with Crippen LogP contribution in [-0.4, -0.2) is 0 Å². The van der Waals surface area contributed by atoms with Gasteiger partial charge in [-0.05, 0) is 36.1 Å². The van der Waals surface area contributed by atoms with Crippen LogP contribution in [0.4, 0.5) is 0 Å². The number of nitrogens with one attached hydrogen (secondary N) is 1. The molecule has 0 amide bonds. The highest BCUT2D eigenvalue weighted by atomic mass is 79.9. The fraction of sp³-hybridized carbons (Fsp3) is 0.333. The summed E-state index contributed by atoms with van der Waals surface area (Å²) >= 11 is 3.56. The van der Waals surface area contributed by atoms with Crippen LogP contribution in [0.5, 0.6) is 0 Å². The zero-order valence-electron chi connectivity index (χ0n) is 12.1. The molecule has 0 aliphatic carbocycles. The van der Waals surface area contributed by atoms with Crippen molar-refractivity contribution >= 4 is 15.9 Å². The largest absolute Gasteiger partial charge is 0.303 e. The zero-order valence-corrected chi connectivity index (χ0v) is 13.7. The second-order valence-corrected chi connectivity index (χ2v) is 5.97. The average Bonchev–Trinajstić information content (AvgIpc) is 2.49. The molecule has 0 aliphatic heterocycles. The maximum Gasteiger partial charge on any atom is 0.0323 e. The highest BCUT2D eigenvalue weighted by Crippen LogP contribution is 2.25. The number of halogens is 1. The van der Waals surface area contributed by atoms with E-state index >= 15 is 0 Å². The van der Waals surface area contributed by atoms with Crippen LogP contribution >= 0.6 is 15.9 Å². The number of benzene rings is 2. The number of rotatable bonds is 6. The Morgan fingerprint density at radius 2 is 1.45 bits per heavy atom. The molecule has 106 valence electrons. The number of hydrogen-bond acceptors (Lipinski definition) is 1. The summed E-state index contributed by atoms with van der Waals surface area (Å²) in [5.41, 5.74) is 2.71. The van der Waals surface area contributed by atoms with E-state index in [2.05, 4.69) is 89.7 Å². The molecule has 0 saturated carbocycles. The van der Waals surface area contributed by atoms with E-state index in [0.717, 1.165) is 17.3 Å². The molecular formula is C18H22BrN. The summed E-state index contributed by atoms with van der Waals surface area (Å²) in [5.74, 6) is 0. The van der Waals surface area contributed by atoms with Gasteiger partial charge >= 0.3 is 0 Å². The Morgan fingerprint density at radius 3 is 2.05 bits per heavy atom. The van der Waals surface area contributed by atoms with Crippen LogP contribution in [0.3, 0.4) is 0 Å². The van der Waals surface area contributed by atoms with Gasteiger partial charge in [0, 0.05) is 16.6 Å². The van der Waals surface area contributed by atoms with Crippen LogP contribution in [0.2, 0.25) is 0 Å². The summed E-state index contributed by atoms with van der Waals surface area (Å²) < 4.78 is 1.14. The van der Waals surface area contributed by atoms with Crippen LogP contribution in [0.15, 0.2) is 59.1 Å². The molecule has 2 aromatic carbocycles. The fourth-order valence-corrected chi connectivity index (χ4v) is 2.97. The normalized spacial score (nSPS) is 13.9. The Kier molecular flexibility index (Phi) is 5.81. The van der Waals surface area contributed by atoms with Crippen LogP contribution in [-0.2, 0) is 0 Å². The molecule has 0 bridgehead atoms. The molecular weight excluding hydrogens is 310 g/mol. The molecule has 1 nitrogen and oxygen atoms in total. The SMILES string of the molecule is CCC(NC(CC)c1cccc(Br)c1)c1ccccc1. The van der Waals surface area contributed by atoms with E-state index in [1.54, 1.807) is 0 Å². The molecule has 0 spiro atoms. The minimum Gasteiger partial charge on any atom is -0.303 e. The van der Waals surface area contributed by atoms with E-state index in [1.165, 1.54) is 11.1 Å². The lowest BCUT2D eigenvalue weighted by molar-refractivity contribution is 0.426. The lowest BCUT2D eigenvalue weighted by atomic mass is 9.99. The van der Waals surface area contributed by atoms with Crippen LogP contribution in [0, 0.1) is 0 Å². The van der Waals surface area contributed by atoms with E-state index < -0.39 is 0 Å². The molecule has 0 fully saturated rings. The molecule has 0 radical (unpaired) electrons. The van der Waals surface area contributed by atoms with E-state index in [4.69, 9.17) is 0 Å². The Morgan fingerprint density at radius 1 is 0.850 bits per heavy atom. The molecule has 2 heteroatoms. The summed E-state index contributed by atoms with van der Waals surface area (Å²) in [6, 6.07) is 20.1. The first kappa shape index (κ1) is 15.3. The van der Waals surface area contributed by atoms with Gasteiger partial charge in [-0.1, -0.05) is 72.2 Å². The van der Waals surface area contributed by atoms with Crippen molar-refractivity contribution < 1.29 is 0 Å². The third-order valence-electron chi connectivity index (χ3n) is 3.67. The Labute approximate surface area is 130 Å². The van der Waals surface area contributed by atoms with Crippen molar-refractivity contribution in [3.63, 3.8) is 0 Å². The first-order valence-corrected chi connectivity index (χ1v) is 8.10. The first-order valence-electron chi connectivity index (χ1n) is 7.31.